The molecular formula is C24H26ClN3O5S2. The third-order valence-corrected chi connectivity index (χ3v) is 9.48. The number of hydrogen-bond acceptors (Lipinski definition) is 6. The first kappa shape index (κ1) is 25.6. The van der Waals surface area contributed by atoms with Crippen molar-refractivity contribution < 1.29 is 22.7 Å². The van der Waals surface area contributed by atoms with Crippen molar-refractivity contribution in [3.05, 3.63) is 57.3 Å². The zero-order valence-corrected chi connectivity index (χ0v) is 22.0. The highest BCUT2D eigenvalue weighted by molar-refractivity contribution is 7.89. The van der Waals surface area contributed by atoms with Gasteiger partial charge in [0, 0.05) is 24.0 Å². The monoisotopic (exact) mass is 535 g/mol. The number of esters is 1. The van der Waals surface area contributed by atoms with E-state index in [1.807, 2.05) is 26.0 Å². The van der Waals surface area contributed by atoms with Crippen molar-refractivity contribution >= 4 is 55.1 Å². The Morgan fingerprint density at radius 3 is 2.37 bits per heavy atom. The highest BCUT2D eigenvalue weighted by Crippen LogP contribution is 2.26. The first-order valence-corrected chi connectivity index (χ1v) is 13.8. The lowest BCUT2D eigenvalue weighted by molar-refractivity contribution is -0.141. The van der Waals surface area contributed by atoms with Crippen LogP contribution in [0.25, 0.3) is 10.2 Å². The van der Waals surface area contributed by atoms with Gasteiger partial charge in [-0.1, -0.05) is 22.9 Å². The van der Waals surface area contributed by atoms with Gasteiger partial charge in [0.15, 0.2) is 4.80 Å². The van der Waals surface area contributed by atoms with E-state index in [4.69, 9.17) is 16.3 Å². The number of amides is 1. The van der Waals surface area contributed by atoms with Gasteiger partial charge in [0.25, 0.3) is 5.91 Å². The predicted molar refractivity (Wildman–Crippen MR) is 135 cm³/mol. The normalized spacial score (nSPS) is 16.1. The lowest BCUT2D eigenvalue weighted by atomic mass is 9.98. The fourth-order valence-corrected chi connectivity index (χ4v) is 6.75. The number of aromatic nitrogens is 1. The zero-order chi connectivity index (χ0) is 25.3. The Kier molecular flexibility index (Phi) is 7.46. The molecule has 0 radical (unpaired) electrons. The third-order valence-electron chi connectivity index (χ3n) is 6.27. The molecular weight excluding hydrogens is 510 g/mol. The molecule has 0 N–H and O–H groups in total. The van der Waals surface area contributed by atoms with E-state index in [1.54, 1.807) is 16.7 Å². The minimum atomic E-state index is -3.66. The molecule has 8 nitrogen and oxygen atoms in total. The van der Waals surface area contributed by atoms with Gasteiger partial charge < -0.3 is 9.30 Å². The maximum Gasteiger partial charge on any atom is 0.325 e. The van der Waals surface area contributed by atoms with E-state index in [9.17, 15) is 18.0 Å². The summed E-state index contributed by atoms with van der Waals surface area (Å²) in [7, 11) is -2.34. The Hall–Kier alpha value is -2.53. The van der Waals surface area contributed by atoms with Gasteiger partial charge in [-0.05, 0) is 74.2 Å². The average molecular weight is 536 g/mol. The number of nitrogens with zero attached hydrogens (tertiary/aromatic N) is 3. The van der Waals surface area contributed by atoms with Crippen molar-refractivity contribution in [1.29, 1.82) is 0 Å². The van der Waals surface area contributed by atoms with Gasteiger partial charge in [0.05, 0.1) is 22.2 Å². The first-order chi connectivity index (χ1) is 16.6. The molecule has 186 valence electrons. The number of carbonyl (C=O) groups excluding carboxylic acids is 2. The Labute approximate surface area is 212 Å². The Balaban J connectivity index is 1.57. The predicted octanol–water partition coefficient (Wildman–Crippen LogP) is 3.67. The van der Waals surface area contributed by atoms with Crippen LogP contribution in [-0.4, -0.2) is 49.4 Å². The molecule has 0 bridgehead atoms. The molecule has 2 aromatic carbocycles. The van der Waals surface area contributed by atoms with Crippen LogP contribution in [-0.2, 0) is 30.9 Å². The van der Waals surface area contributed by atoms with Gasteiger partial charge in [-0.2, -0.15) is 9.30 Å². The van der Waals surface area contributed by atoms with Gasteiger partial charge in [0.1, 0.15) is 6.54 Å². The summed E-state index contributed by atoms with van der Waals surface area (Å²) >= 11 is 7.22. The van der Waals surface area contributed by atoms with E-state index in [0.717, 1.165) is 21.3 Å². The van der Waals surface area contributed by atoms with Crippen molar-refractivity contribution in [2.75, 3.05) is 20.2 Å². The number of ether oxygens (including phenoxy) is 1. The molecule has 1 aromatic heterocycles. The smallest absolute Gasteiger partial charge is 0.325 e. The van der Waals surface area contributed by atoms with Crippen LogP contribution in [0.4, 0.5) is 0 Å². The number of sulfonamides is 1. The number of carbonyl (C=O) groups is 2. The number of halogens is 1. The number of aryl methyl sites for hydroxylation is 2. The third kappa shape index (κ3) is 5.35. The average Bonchev–Trinajstić information content (AvgIpc) is 3.15. The topological polar surface area (TPSA) is 98.0 Å². The maximum atomic E-state index is 13.1. The summed E-state index contributed by atoms with van der Waals surface area (Å²) in [5, 5.41) is 0.464. The van der Waals surface area contributed by atoms with Gasteiger partial charge in [-0.25, -0.2) is 8.42 Å². The molecule has 1 amide bonds. The van der Waals surface area contributed by atoms with Crippen LogP contribution < -0.4 is 4.80 Å². The van der Waals surface area contributed by atoms with Gasteiger partial charge in [-0.15, -0.1) is 0 Å². The van der Waals surface area contributed by atoms with Crippen LogP contribution in [0.5, 0.6) is 0 Å². The van der Waals surface area contributed by atoms with Gasteiger partial charge in [-0.3, -0.25) is 9.59 Å². The molecule has 1 aliphatic rings. The number of benzene rings is 2. The fraction of sp³-hybridized carbons (Fsp3) is 0.375. The Morgan fingerprint density at radius 2 is 1.74 bits per heavy atom. The van der Waals surface area contributed by atoms with E-state index < -0.39 is 21.9 Å². The molecule has 11 heteroatoms. The van der Waals surface area contributed by atoms with Crippen LogP contribution in [0.15, 0.2) is 46.3 Å². The number of methoxy groups -OCH3 is 1. The van der Waals surface area contributed by atoms with Crippen molar-refractivity contribution in [1.82, 2.24) is 8.87 Å². The summed E-state index contributed by atoms with van der Waals surface area (Å²) in [6.45, 7) is 4.40. The second-order valence-electron chi connectivity index (χ2n) is 8.53. The largest absolute Gasteiger partial charge is 0.468 e. The molecule has 1 aliphatic heterocycles. The molecule has 0 saturated carbocycles. The second-order valence-corrected chi connectivity index (χ2v) is 11.9. The van der Waals surface area contributed by atoms with Gasteiger partial charge >= 0.3 is 5.97 Å². The lowest BCUT2D eigenvalue weighted by Gasteiger charge is -2.29. The van der Waals surface area contributed by atoms with Gasteiger partial charge in [0.2, 0.25) is 10.0 Å². The molecule has 1 fully saturated rings. The highest BCUT2D eigenvalue weighted by Gasteiger charge is 2.32. The maximum absolute atomic E-state index is 13.1. The van der Waals surface area contributed by atoms with Crippen LogP contribution in [0, 0.1) is 19.8 Å². The SMILES string of the molecule is COC(=O)Cn1c(=NC(=O)C2CCN(S(=O)(=O)c3ccc(Cl)cc3)CC2)sc2cc(C)c(C)cc21. The Bertz CT molecular complexity index is 1450. The molecule has 0 atom stereocenters. The molecule has 1 saturated heterocycles. The quantitative estimate of drug-likeness (QED) is 0.464. The molecule has 0 spiro atoms. The van der Waals surface area contributed by atoms with Crippen molar-refractivity contribution in [2.24, 2.45) is 10.9 Å². The van der Waals surface area contributed by atoms with E-state index in [-0.39, 0.29) is 30.4 Å². The summed E-state index contributed by atoms with van der Waals surface area (Å²) in [5.41, 5.74) is 3.00. The van der Waals surface area contributed by atoms with Crippen LogP contribution in [0.1, 0.15) is 24.0 Å². The number of fused-ring (bicyclic) bond motifs is 1. The minimum Gasteiger partial charge on any atom is -0.468 e. The first-order valence-electron chi connectivity index (χ1n) is 11.1. The molecule has 4 rings (SSSR count). The lowest BCUT2D eigenvalue weighted by Crippen LogP contribution is -2.40. The van der Waals surface area contributed by atoms with Crippen LogP contribution in [0.2, 0.25) is 5.02 Å². The number of hydrogen-bond donors (Lipinski definition) is 0. The molecule has 35 heavy (non-hydrogen) atoms. The molecule has 3 aromatic rings. The van der Waals surface area contributed by atoms with E-state index in [1.165, 1.54) is 34.9 Å². The van der Waals surface area contributed by atoms with Crippen molar-refractivity contribution in [3.63, 3.8) is 0 Å². The van der Waals surface area contributed by atoms with Crippen LogP contribution in [0.3, 0.4) is 0 Å². The minimum absolute atomic E-state index is 0.0527. The van der Waals surface area contributed by atoms with Crippen LogP contribution >= 0.6 is 22.9 Å². The summed E-state index contributed by atoms with van der Waals surface area (Å²) in [5.74, 6) is -1.14. The van der Waals surface area contributed by atoms with E-state index >= 15 is 0 Å². The summed E-state index contributed by atoms with van der Waals surface area (Å²) < 4.78 is 34.7. The summed E-state index contributed by atoms with van der Waals surface area (Å²) in [4.78, 5) is 30.1. The number of rotatable bonds is 5. The molecule has 0 aliphatic carbocycles. The standard InChI is InChI=1S/C24H26ClN3O5S2/c1-15-12-20-21(13-16(15)2)34-24(28(20)14-22(29)33-3)26-23(30)17-8-10-27(11-9-17)35(31,32)19-6-4-18(25)5-7-19/h4-7,12-13,17H,8-11,14H2,1-3H3. The molecule has 2 heterocycles. The second kappa shape index (κ2) is 10.2. The van der Waals surface area contributed by atoms with Crippen molar-refractivity contribution in [3.8, 4) is 0 Å². The summed E-state index contributed by atoms with van der Waals surface area (Å²) in [6, 6.07) is 10.0. The van der Waals surface area contributed by atoms with E-state index in [0.29, 0.717) is 22.7 Å². The van der Waals surface area contributed by atoms with Crippen molar-refractivity contribution in [2.45, 2.75) is 38.1 Å². The summed E-state index contributed by atoms with van der Waals surface area (Å²) in [6.07, 6.45) is 0.741. The van der Waals surface area contributed by atoms with E-state index in [2.05, 4.69) is 4.99 Å². The zero-order valence-electron chi connectivity index (χ0n) is 19.7. The number of piperidine rings is 1. The number of thiazole rings is 1. The Morgan fingerprint density at radius 1 is 1.11 bits per heavy atom. The fourth-order valence-electron chi connectivity index (χ4n) is 4.04. The molecule has 0 unspecified atom stereocenters. The highest BCUT2D eigenvalue weighted by atomic mass is 35.5.